The Labute approximate surface area is 136 Å². The van der Waals surface area contributed by atoms with Crippen LogP contribution in [-0.4, -0.2) is 43.6 Å². The molecule has 4 nitrogen and oxygen atoms in total. The van der Waals surface area contributed by atoms with Crippen LogP contribution in [-0.2, 0) is 4.79 Å². The molecule has 2 aliphatic rings. The first-order chi connectivity index (χ1) is 10.6. The number of piperidine rings is 1. The number of halogens is 1. The fourth-order valence-electron chi connectivity index (χ4n) is 3.43. The molecule has 2 fully saturated rings. The summed E-state index contributed by atoms with van der Waals surface area (Å²) < 4.78 is 5.66. The van der Waals surface area contributed by atoms with Gasteiger partial charge in [0.1, 0.15) is 5.75 Å². The molecule has 2 saturated heterocycles. The van der Waals surface area contributed by atoms with E-state index in [4.69, 9.17) is 16.3 Å². The first-order valence-electron chi connectivity index (χ1n) is 7.96. The number of likely N-dealkylation sites (tertiary alicyclic amines) is 1. The van der Waals surface area contributed by atoms with Gasteiger partial charge in [0.25, 0.3) is 5.91 Å². The van der Waals surface area contributed by atoms with Gasteiger partial charge < -0.3 is 15.0 Å². The number of hydrogen-bond donors (Lipinski definition) is 1. The summed E-state index contributed by atoms with van der Waals surface area (Å²) in [5, 5.41) is 4.11. The maximum Gasteiger partial charge on any atom is 0.260 e. The molecule has 0 unspecified atom stereocenters. The van der Waals surface area contributed by atoms with Gasteiger partial charge in [0.05, 0.1) is 0 Å². The van der Waals surface area contributed by atoms with Crippen LogP contribution in [0.2, 0.25) is 5.02 Å². The number of benzene rings is 1. The molecule has 1 amide bonds. The summed E-state index contributed by atoms with van der Waals surface area (Å²) in [5.41, 5.74) is 1.31. The molecular formula is C17H23ClN2O2. The summed E-state index contributed by atoms with van der Waals surface area (Å²) in [6.07, 6.45) is 3.44. The highest BCUT2D eigenvalue weighted by Crippen LogP contribution is 2.36. The maximum absolute atomic E-state index is 12.3. The van der Waals surface area contributed by atoms with Gasteiger partial charge in [-0.25, -0.2) is 0 Å². The van der Waals surface area contributed by atoms with Crippen LogP contribution < -0.4 is 10.1 Å². The van der Waals surface area contributed by atoms with Crippen molar-refractivity contribution in [2.75, 3.05) is 32.8 Å². The lowest BCUT2D eigenvalue weighted by atomic mass is 9.78. The van der Waals surface area contributed by atoms with Gasteiger partial charge in [-0.1, -0.05) is 17.7 Å². The topological polar surface area (TPSA) is 41.6 Å². The van der Waals surface area contributed by atoms with E-state index in [1.54, 1.807) is 0 Å². The van der Waals surface area contributed by atoms with Gasteiger partial charge in [-0.05, 0) is 50.3 Å². The molecule has 5 heteroatoms. The average Bonchev–Trinajstić information content (AvgIpc) is 2.97. The smallest absolute Gasteiger partial charge is 0.260 e. The van der Waals surface area contributed by atoms with Gasteiger partial charge in [0.15, 0.2) is 6.61 Å². The molecule has 22 heavy (non-hydrogen) atoms. The highest BCUT2D eigenvalue weighted by molar-refractivity contribution is 6.31. The Hall–Kier alpha value is -1.26. The molecule has 1 aromatic carbocycles. The Kier molecular flexibility index (Phi) is 4.59. The lowest BCUT2D eigenvalue weighted by molar-refractivity contribution is -0.135. The van der Waals surface area contributed by atoms with Crippen LogP contribution in [0.15, 0.2) is 18.2 Å². The second-order valence-electron chi connectivity index (χ2n) is 6.46. The Bertz CT molecular complexity index is 546. The largest absolute Gasteiger partial charge is 0.483 e. The number of carbonyl (C=O) groups excluding carboxylic acids is 1. The Morgan fingerprint density at radius 2 is 2.14 bits per heavy atom. The molecule has 0 atom stereocenters. The summed E-state index contributed by atoms with van der Waals surface area (Å²) in [4.78, 5) is 14.3. The monoisotopic (exact) mass is 322 g/mol. The second kappa shape index (κ2) is 6.47. The fourth-order valence-corrected chi connectivity index (χ4v) is 3.59. The van der Waals surface area contributed by atoms with E-state index in [1.165, 1.54) is 6.42 Å². The normalized spacial score (nSPS) is 20.4. The third-order valence-electron chi connectivity index (χ3n) is 5.08. The van der Waals surface area contributed by atoms with Crippen LogP contribution in [0.5, 0.6) is 5.75 Å². The lowest BCUT2D eigenvalue weighted by Gasteiger charge is -2.38. The van der Waals surface area contributed by atoms with Gasteiger partial charge in [-0.3, -0.25) is 4.79 Å². The van der Waals surface area contributed by atoms with E-state index in [2.05, 4.69) is 5.32 Å². The van der Waals surface area contributed by atoms with E-state index >= 15 is 0 Å². The third-order valence-corrected chi connectivity index (χ3v) is 5.49. The highest BCUT2D eigenvalue weighted by Gasteiger charge is 2.38. The van der Waals surface area contributed by atoms with Crippen molar-refractivity contribution in [1.29, 1.82) is 0 Å². The lowest BCUT2D eigenvalue weighted by Crippen LogP contribution is -2.45. The van der Waals surface area contributed by atoms with E-state index in [-0.39, 0.29) is 12.5 Å². The van der Waals surface area contributed by atoms with Crippen molar-refractivity contribution >= 4 is 17.5 Å². The molecule has 2 heterocycles. The molecule has 3 rings (SSSR count). The predicted octanol–water partition coefficient (Wildman–Crippen LogP) is 2.63. The van der Waals surface area contributed by atoms with Gasteiger partial charge in [-0.2, -0.15) is 0 Å². The Balaban J connectivity index is 1.51. The summed E-state index contributed by atoms with van der Waals surface area (Å²) >= 11 is 6.07. The molecule has 1 aromatic rings. The van der Waals surface area contributed by atoms with Crippen molar-refractivity contribution in [3.05, 3.63) is 28.8 Å². The minimum absolute atomic E-state index is 0.0696. The molecule has 0 bridgehead atoms. The zero-order valence-corrected chi connectivity index (χ0v) is 13.8. The van der Waals surface area contributed by atoms with E-state index < -0.39 is 0 Å². The molecule has 0 saturated carbocycles. The van der Waals surface area contributed by atoms with Crippen molar-refractivity contribution in [1.82, 2.24) is 10.2 Å². The van der Waals surface area contributed by atoms with Crippen molar-refractivity contribution in [2.24, 2.45) is 5.41 Å². The Morgan fingerprint density at radius 1 is 1.36 bits per heavy atom. The predicted molar refractivity (Wildman–Crippen MR) is 87.4 cm³/mol. The van der Waals surface area contributed by atoms with Gasteiger partial charge in [0, 0.05) is 30.2 Å². The first-order valence-corrected chi connectivity index (χ1v) is 8.34. The summed E-state index contributed by atoms with van der Waals surface area (Å²) in [7, 11) is 0. The number of rotatable bonds is 3. The fraction of sp³-hybridized carbons (Fsp3) is 0.588. The van der Waals surface area contributed by atoms with E-state index in [0.29, 0.717) is 16.2 Å². The van der Waals surface area contributed by atoms with Crippen molar-refractivity contribution in [2.45, 2.75) is 26.2 Å². The van der Waals surface area contributed by atoms with Crippen LogP contribution in [0.1, 0.15) is 24.8 Å². The molecule has 1 N–H and O–H groups in total. The molecule has 1 spiro atoms. The van der Waals surface area contributed by atoms with Crippen LogP contribution in [0.25, 0.3) is 0 Å². The number of ether oxygens (including phenoxy) is 1. The third kappa shape index (κ3) is 3.23. The minimum atomic E-state index is 0.0696. The van der Waals surface area contributed by atoms with Crippen molar-refractivity contribution in [3.63, 3.8) is 0 Å². The Morgan fingerprint density at radius 3 is 2.82 bits per heavy atom. The zero-order chi connectivity index (χ0) is 15.6. The zero-order valence-electron chi connectivity index (χ0n) is 13.0. The summed E-state index contributed by atoms with van der Waals surface area (Å²) in [5.74, 6) is 0.759. The number of hydrogen-bond acceptors (Lipinski definition) is 3. The number of amides is 1. The van der Waals surface area contributed by atoms with Crippen LogP contribution >= 0.6 is 11.6 Å². The first kappa shape index (κ1) is 15.6. The van der Waals surface area contributed by atoms with Gasteiger partial charge in [0.2, 0.25) is 0 Å². The van der Waals surface area contributed by atoms with Crippen LogP contribution in [0, 0.1) is 12.3 Å². The molecular weight excluding hydrogens is 300 g/mol. The highest BCUT2D eigenvalue weighted by atomic mass is 35.5. The second-order valence-corrected chi connectivity index (χ2v) is 6.87. The number of carbonyl (C=O) groups is 1. The molecule has 0 aliphatic carbocycles. The van der Waals surface area contributed by atoms with E-state index in [0.717, 1.165) is 44.6 Å². The molecule has 0 radical (unpaired) electrons. The van der Waals surface area contributed by atoms with Gasteiger partial charge in [-0.15, -0.1) is 0 Å². The van der Waals surface area contributed by atoms with Crippen molar-refractivity contribution < 1.29 is 9.53 Å². The number of nitrogens with one attached hydrogen (secondary N) is 1. The minimum Gasteiger partial charge on any atom is -0.483 e. The van der Waals surface area contributed by atoms with Crippen LogP contribution in [0.3, 0.4) is 0 Å². The van der Waals surface area contributed by atoms with Crippen LogP contribution in [0.4, 0.5) is 0 Å². The van der Waals surface area contributed by atoms with E-state index in [1.807, 2.05) is 30.0 Å². The average molecular weight is 323 g/mol. The summed E-state index contributed by atoms with van der Waals surface area (Å²) in [6, 6.07) is 5.52. The standard InChI is InChI=1S/C17H23ClN2O2/c1-13-14(18)3-2-4-15(13)22-11-16(21)20-9-6-17(7-10-20)5-8-19-12-17/h2-4,19H,5-12H2,1H3. The quantitative estimate of drug-likeness (QED) is 0.930. The molecule has 120 valence electrons. The maximum atomic E-state index is 12.3. The SMILES string of the molecule is Cc1c(Cl)cccc1OCC(=O)N1CCC2(CCNC2)CC1. The number of nitrogens with zero attached hydrogens (tertiary/aromatic N) is 1. The van der Waals surface area contributed by atoms with Gasteiger partial charge >= 0.3 is 0 Å². The summed E-state index contributed by atoms with van der Waals surface area (Å²) in [6.45, 7) is 5.90. The molecule has 2 aliphatic heterocycles. The van der Waals surface area contributed by atoms with E-state index in [9.17, 15) is 4.79 Å². The van der Waals surface area contributed by atoms with Crippen molar-refractivity contribution in [3.8, 4) is 5.75 Å². The molecule has 0 aromatic heterocycles.